The molecule has 1 atom stereocenters. The van der Waals surface area contributed by atoms with Crippen LogP contribution in [0, 0.1) is 6.92 Å². The zero-order valence-electron chi connectivity index (χ0n) is 10.2. The maximum atomic E-state index is 4.46. The third kappa shape index (κ3) is 2.80. The summed E-state index contributed by atoms with van der Waals surface area (Å²) < 4.78 is 0. The lowest BCUT2D eigenvalue weighted by Crippen LogP contribution is -2.44. The van der Waals surface area contributed by atoms with E-state index in [9.17, 15) is 0 Å². The third-order valence-electron chi connectivity index (χ3n) is 3.40. The van der Waals surface area contributed by atoms with Gasteiger partial charge in [0.2, 0.25) is 0 Å². The maximum absolute atomic E-state index is 4.46. The van der Waals surface area contributed by atoms with Crippen molar-refractivity contribution in [2.75, 3.05) is 20.1 Å². The Morgan fingerprint density at radius 2 is 2.44 bits per heavy atom. The molecule has 1 unspecified atom stereocenters. The quantitative estimate of drug-likeness (QED) is 0.836. The van der Waals surface area contributed by atoms with Crippen molar-refractivity contribution in [2.24, 2.45) is 0 Å². The molecule has 2 heterocycles. The van der Waals surface area contributed by atoms with Crippen molar-refractivity contribution >= 4 is 0 Å². The summed E-state index contributed by atoms with van der Waals surface area (Å²) in [6, 6.07) is 4.80. The highest BCUT2D eigenvalue weighted by atomic mass is 15.2. The molecule has 0 radical (unpaired) electrons. The summed E-state index contributed by atoms with van der Waals surface area (Å²) in [6.07, 6.45) is 4.48. The Morgan fingerprint density at radius 3 is 3.19 bits per heavy atom. The zero-order valence-corrected chi connectivity index (χ0v) is 10.2. The van der Waals surface area contributed by atoms with E-state index in [-0.39, 0.29) is 0 Å². The summed E-state index contributed by atoms with van der Waals surface area (Å²) in [5, 5.41) is 3.37. The van der Waals surface area contributed by atoms with Gasteiger partial charge in [-0.1, -0.05) is 6.07 Å². The average molecular weight is 219 g/mol. The number of nitrogens with zero attached hydrogens (tertiary/aromatic N) is 2. The number of hydrogen-bond acceptors (Lipinski definition) is 3. The molecule has 1 aliphatic rings. The molecule has 0 saturated carbocycles. The van der Waals surface area contributed by atoms with Gasteiger partial charge in [-0.2, -0.15) is 0 Å². The van der Waals surface area contributed by atoms with E-state index in [1.54, 1.807) is 0 Å². The highest BCUT2D eigenvalue weighted by molar-refractivity contribution is 5.17. The maximum Gasteiger partial charge on any atom is 0.0573 e. The van der Waals surface area contributed by atoms with E-state index < -0.39 is 0 Å². The number of pyridine rings is 1. The van der Waals surface area contributed by atoms with Crippen molar-refractivity contribution in [3.8, 4) is 0 Å². The van der Waals surface area contributed by atoms with Gasteiger partial charge in [-0.05, 0) is 45.0 Å². The van der Waals surface area contributed by atoms with Crippen LogP contribution in [0.5, 0.6) is 0 Å². The minimum absolute atomic E-state index is 0.651. The standard InChI is InChI=1S/C13H21N3/c1-11-5-3-7-15-13(11)10-16-8-4-6-12(9-16)14-2/h3,5,7,12,14H,4,6,8-10H2,1-2H3. The van der Waals surface area contributed by atoms with Gasteiger partial charge < -0.3 is 5.32 Å². The van der Waals surface area contributed by atoms with Crippen LogP contribution in [-0.4, -0.2) is 36.1 Å². The van der Waals surface area contributed by atoms with Gasteiger partial charge >= 0.3 is 0 Å². The van der Waals surface area contributed by atoms with Crippen LogP contribution in [0.3, 0.4) is 0 Å². The number of aryl methyl sites for hydroxylation is 1. The van der Waals surface area contributed by atoms with E-state index in [0.29, 0.717) is 6.04 Å². The van der Waals surface area contributed by atoms with Crippen LogP contribution < -0.4 is 5.32 Å². The molecule has 88 valence electrons. The van der Waals surface area contributed by atoms with Gasteiger partial charge in [-0.15, -0.1) is 0 Å². The number of aromatic nitrogens is 1. The predicted molar refractivity (Wildman–Crippen MR) is 66.3 cm³/mol. The SMILES string of the molecule is CNC1CCCN(Cc2ncccc2C)C1. The Kier molecular flexibility index (Phi) is 3.91. The Labute approximate surface area is 97.9 Å². The molecule has 0 spiro atoms. The van der Waals surface area contributed by atoms with Crippen LogP contribution in [0.1, 0.15) is 24.1 Å². The van der Waals surface area contributed by atoms with E-state index in [2.05, 4.69) is 35.2 Å². The molecular weight excluding hydrogens is 198 g/mol. The second-order valence-electron chi connectivity index (χ2n) is 4.63. The van der Waals surface area contributed by atoms with Crippen molar-refractivity contribution in [3.05, 3.63) is 29.6 Å². The first-order valence-corrected chi connectivity index (χ1v) is 6.09. The van der Waals surface area contributed by atoms with Crippen molar-refractivity contribution in [2.45, 2.75) is 32.4 Å². The number of likely N-dealkylation sites (tertiary alicyclic amines) is 1. The van der Waals surface area contributed by atoms with E-state index in [4.69, 9.17) is 0 Å². The molecule has 3 heteroatoms. The van der Waals surface area contributed by atoms with Crippen LogP contribution in [0.25, 0.3) is 0 Å². The minimum atomic E-state index is 0.651. The largest absolute Gasteiger partial charge is 0.316 e. The molecule has 1 N–H and O–H groups in total. The lowest BCUT2D eigenvalue weighted by atomic mass is 10.1. The molecule has 0 bridgehead atoms. The molecule has 1 fully saturated rings. The Morgan fingerprint density at radius 1 is 1.56 bits per heavy atom. The Hall–Kier alpha value is -0.930. The molecule has 3 nitrogen and oxygen atoms in total. The summed E-state index contributed by atoms with van der Waals surface area (Å²) in [5.41, 5.74) is 2.52. The van der Waals surface area contributed by atoms with E-state index in [1.165, 1.54) is 30.6 Å². The van der Waals surface area contributed by atoms with Crippen LogP contribution in [0.2, 0.25) is 0 Å². The summed E-state index contributed by atoms with van der Waals surface area (Å²) in [7, 11) is 2.06. The van der Waals surface area contributed by atoms with Gasteiger partial charge in [-0.25, -0.2) is 0 Å². The summed E-state index contributed by atoms with van der Waals surface area (Å²) in [6.45, 7) is 5.48. The van der Waals surface area contributed by atoms with Gasteiger partial charge in [-0.3, -0.25) is 9.88 Å². The van der Waals surface area contributed by atoms with Crippen molar-refractivity contribution in [1.29, 1.82) is 0 Å². The summed E-state index contributed by atoms with van der Waals surface area (Å²) in [5.74, 6) is 0. The van der Waals surface area contributed by atoms with Crippen LogP contribution in [-0.2, 0) is 6.54 Å². The van der Waals surface area contributed by atoms with Crippen molar-refractivity contribution < 1.29 is 0 Å². The minimum Gasteiger partial charge on any atom is -0.316 e. The number of piperidine rings is 1. The van der Waals surface area contributed by atoms with Crippen LogP contribution >= 0.6 is 0 Å². The molecule has 16 heavy (non-hydrogen) atoms. The molecule has 1 aliphatic heterocycles. The van der Waals surface area contributed by atoms with Crippen molar-refractivity contribution in [3.63, 3.8) is 0 Å². The first kappa shape index (κ1) is 11.6. The monoisotopic (exact) mass is 219 g/mol. The highest BCUT2D eigenvalue weighted by Gasteiger charge is 2.18. The second kappa shape index (κ2) is 5.41. The average Bonchev–Trinajstić information content (AvgIpc) is 2.32. The predicted octanol–water partition coefficient (Wildman–Crippen LogP) is 1.57. The lowest BCUT2D eigenvalue weighted by molar-refractivity contribution is 0.186. The lowest BCUT2D eigenvalue weighted by Gasteiger charge is -2.32. The van der Waals surface area contributed by atoms with Crippen LogP contribution in [0.15, 0.2) is 18.3 Å². The molecular formula is C13H21N3. The summed E-state index contributed by atoms with van der Waals surface area (Å²) in [4.78, 5) is 6.96. The van der Waals surface area contributed by atoms with Crippen molar-refractivity contribution in [1.82, 2.24) is 15.2 Å². The fraction of sp³-hybridized carbons (Fsp3) is 0.615. The van der Waals surface area contributed by atoms with Gasteiger partial charge in [0.15, 0.2) is 0 Å². The number of likely N-dealkylation sites (N-methyl/N-ethyl adjacent to an activating group) is 1. The van der Waals surface area contributed by atoms with Gasteiger partial charge in [0.1, 0.15) is 0 Å². The second-order valence-corrected chi connectivity index (χ2v) is 4.63. The van der Waals surface area contributed by atoms with Crippen LogP contribution in [0.4, 0.5) is 0 Å². The van der Waals surface area contributed by atoms with Gasteiger partial charge in [0.25, 0.3) is 0 Å². The fourth-order valence-electron chi connectivity index (χ4n) is 2.33. The number of hydrogen-bond donors (Lipinski definition) is 1. The highest BCUT2D eigenvalue weighted by Crippen LogP contribution is 2.14. The Balaban J connectivity index is 1.97. The van der Waals surface area contributed by atoms with Gasteiger partial charge in [0.05, 0.1) is 5.69 Å². The smallest absolute Gasteiger partial charge is 0.0573 e. The van der Waals surface area contributed by atoms with E-state index >= 15 is 0 Å². The molecule has 0 aromatic carbocycles. The molecule has 1 aromatic heterocycles. The molecule has 1 saturated heterocycles. The molecule has 2 rings (SSSR count). The topological polar surface area (TPSA) is 28.2 Å². The fourth-order valence-corrected chi connectivity index (χ4v) is 2.33. The molecule has 0 amide bonds. The number of nitrogens with one attached hydrogen (secondary N) is 1. The van der Waals surface area contributed by atoms with E-state index in [0.717, 1.165) is 13.1 Å². The Bertz CT molecular complexity index is 338. The molecule has 1 aromatic rings. The normalized spacial score (nSPS) is 22.2. The first-order chi connectivity index (χ1) is 7.79. The zero-order chi connectivity index (χ0) is 11.4. The van der Waals surface area contributed by atoms with Gasteiger partial charge in [0, 0.05) is 25.3 Å². The summed E-state index contributed by atoms with van der Waals surface area (Å²) >= 11 is 0. The molecule has 0 aliphatic carbocycles. The number of rotatable bonds is 3. The van der Waals surface area contributed by atoms with E-state index in [1.807, 2.05) is 12.3 Å². The third-order valence-corrected chi connectivity index (χ3v) is 3.40. The first-order valence-electron chi connectivity index (χ1n) is 6.09.